The summed E-state index contributed by atoms with van der Waals surface area (Å²) in [5.74, 6) is 0.395. The van der Waals surface area contributed by atoms with E-state index in [1.165, 1.54) is 7.11 Å². The van der Waals surface area contributed by atoms with Crippen LogP contribution in [0.3, 0.4) is 0 Å². The Balaban J connectivity index is 2.23. The Hall–Kier alpha value is -2.44. The van der Waals surface area contributed by atoms with Crippen molar-refractivity contribution < 1.29 is 13.9 Å². The fourth-order valence-corrected chi connectivity index (χ4v) is 5.04. The molecular weight excluding hydrogens is 534 g/mol. The third-order valence-electron chi connectivity index (χ3n) is 5.77. The van der Waals surface area contributed by atoms with Crippen molar-refractivity contribution in [2.75, 3.05) is 20.2 Å². The molecule has 0 amide bonds. The molecule has 0 saturated carbocycles. The minimum Gasteiger partial charge on any atom is -0.465 e. The monoisotopic (exact) mass is 556 g/mol. The lowest BCUT2D eigenvalue weighted by Gasteiger charge is -2.18. The molecule has 2 aliphatic rings. The quantitative estimate of drug-likeness (QED) is 0.160. The molecule has 6 heteroatoms. The van der Waals surface area contributed by atoms with Gasteiger partial charge >= 0.3 is 5.97 Å². The fraction of sp³-hybridized carbons (Fsp3) is 0.231. The van der Waals surface area contributed by atoms with Crippen molar-refractivity contribution in [3.63, 3.8) is 0 Å². The molecule has 0 radical (unpaired) electrons. The van der Waals surface area contributed by atoms with Crippen molar-refractivity contribution in [3.05, 3.63) is 74.0 Å². The third-order valence-corrected chi connectivity index (χ3v) is 7.26. The van der Waals surface area contributed by atoms with E-state index >= 15 is 0 Å². The lowest BCUT2D eigenvalue weighted by molar-refractivity contribution is 0.0601. The number of hydrogen-bond donors (Lipinski definition) is 0. The molecule has 164 valence electrons. The average Bonchev–Trinajstić information content (AvgIpc) is 2.79. The van der Waals surface area contributed by atoms with Crippen LogP contribution in [0.25, 0.3) is 33.4 Å². The SMILES string of the molecule is CC[N+](CC)=c1cc2oc3cc(C)c(Br)cc3c(-c3ccccc3C(=O)OC)c-2cc1Br. The van der Waals surface area contributed by atoms with E-state index in [0.29, 0.717) is 5.56 Å². The van der Waals surface area contributed by atoms with Gasteiger partial charge in [0.05, 0.1) is 23.2 Å². The van der Waals surface area contributed by atoms with Gasteiger partial charge in [-0.05, 0) is 72.1 Å². The molecule has 0 aromatic heterocycles. The van der Waals surface area contributed by atoms with E-state index in [1.54, 1.807) is 6.07 Å². The first-order valence-electron chi connectivity index (χ1n) is 10.5. The van der Waals surface area contributed by atoms with Gasteiger partial charge in [0.1, 0.15) is 24.4 Å². The number of aryl methyl sites for hydroxylation is 1. The molecule has 0 spiro atoms. The van der Waals surface area contributed by atoms with Gasteiger partial charge in [-0.3, -0.25) is 0 Å². The van der Waals surface area contributed by atoms with E-state index < -0.39 is 0 Å². The highest BCUT2D eigenvalue weighted by molar-refractivity contribution is 9.10. The maximum atomic E-state index is 12.6. The Morgan fingerprint density at radius 3 is 2.41 bits per heavy atom. The summed E-state index contributed by atoms with van der Waals surface area (Å²) in [6.45, 7) is 8.08. The van der Waals surface area contributed by atoms with Gasteiger partial charge in [0.2, 0.25) is 5.36 Å². The van der Waals surface area contributed by atoms with E-state index in [4.69, 9.17) is 9.15 Å². The van der Waals surface area contributed by atoms with Gasteiger partial charge in [-0.25, -0.2) is 9.37 Å². The molecule has 4 nitrogen and oxygen atoms in total. The van der Waals surface area contributed by atoms with Crippen molar-refractivity contribution >= 4 is 48.8 Å². The summed E-state index contributed by atoms with van der Waals surface area (Å²) >= 11 is 7.44. The van der Waals surface area contributed by atoms with Crippen LogP contribution in [0.15, 0.2) is 61.9 Å². The predicted molar refractivity (Wildman–Crippen MR) is 136 cm³/mol. The fourth-order valence-electron chi connectivity index (χ4n) is 4.11. The van der Waals surface area contributed by atoms with Crippen molar-refractivity contribution in [3.8, 4) is 22.5 Å². The zero-order valence-electron chi connectivity index (χ0n) is 18.5. The van der Waals surface area contributed by atoms with Gasteiger partial charge in [-0.2, -0.15) is 0 Å². The first-order valence-corrected chi connectivity index (χ1v) is 12.1. The lowest BCUT2D eigenvalue weighted by atomic mass is 9.90. The molecule has 2 aromatic carbocycles. The number of fused-ring (bicyclic) bond motifs is 2. The van der Waals surface area contributed by atoms with Crippen LogP contribution < -0.4 is 9.93 Å². The number of ether oxygens (including phenoxy) is 1. The summed E-state index contributed by atoms with van der Waals surface area (Å²) in [5.41, 5.74) is 5.03. The number of carbonyl (C=O) groups is 1. The van der Waals surface area contributed by atoms with Crippen LogP contribution in [0, 0.1) is 6.92 Å². The Labute approximate surface area is 204 Å². The highest BCUT2D eigenvalue weighted by Crippen LogP contribution is 2.43. The number of halogens is 2. The number of nitrogens with zero attached hydrogens (tertiary/aromatic N) is 1. The highest BCUT2D eigenvalue weighted by Gasteiger charge is 2.24. The van der Waals surface area contributed by atoms with E-state index in [1.807, 2.05) is 31.2 Å². The van der Waals surface area contributed by atoms with Crippen LogP contribution in [0.1, 0.15) is 29.8 Å². The Morgan fingerprint density at radius 2 is 1.72 bits per heavy atom. The molecule has 0 fully saturated rings. The second-order valence-corrected chi connectivity index (χ2v) is 9.29. The molecular formula is C26H24Br2NO3+. The maximum Gasteiger partial charge on any atom is 0.338 e. The summed E-state index contributed by atoms with van der Waals surface area (Å²) in [4.78, 5) is 12.6. The lowest BCUT2D eigenvalue weighted by Crippen LogP contribution is -2.30. The van der Waals surface area contributed by atoms with Crippen LogP contribution in [0.5, 0.6) is 0 Å². The normalized spacial score (nSPS) is 11.2. The standard InChI is InChI=1S/C26H24Br2NO3/c1-5-29(6-2)22-14-24-19(13-21(22)28)25(16-9-7-8-10-17(16)26(30)31-4)18-12-20(27)15(3)11-23(18)32-24/h7-14H,5-6H2,1-4H3/q+1. The molecule has 4 rings (SSSR count). The summed E-state index contributed by atoms with van der Waals surface area (Å²) in [6.07, 6.45) is 0. The minimum atomic E-state index is -0.368. The van der Waals surface area contributed by atoms with Crippen LogP contribution >= 0.6 is 31.9 Å². The van der Waals surface area contributed by atoms with Crippen LogP contribution in [0.2, 0.25) is 0 Å². The van der Waals surface area contributed by atoms with Crippen molar-refractivity contribution in [2.45, 2.75) is 20.8 Å². The number of carbonyl (C=O) groups excluding carboxylic acids is 1. The second-order valence-electron chi connectivity index (χ2n) is 7.58. The summed E-state index contributed by atoms with van der Waals surface area (Å²) in [5, 5.41) is 2.00. The van der Waals surface area contributed by atoms with E-state index in [-0.39, 0.29) is 5.97 Å². The summed E-state index contributed by atoms with van der Waals surface area (Å²) in [6, 6.07) is 15.8. The third kappa shape index (κ3) is 3.90. The van der Waals surface area contributed by atoms with Gasteiger partial charge in [0.15, 0.2) is 0 Å². The van der Waals surface area contributed by atoms with Gasteiger partial charge in [0.25, 0.3) is 0 Å². The second kappa shape index (κ2) is 9.20. The maximum absolute atomic E-state index is 12.6. The average molecular weight is 558 g/mol. The molecule has 0 bridgehead atoms. The number of hydrogen-bond acceptors (Lipinski definition) is 3. The molecule has 1 aliphatic carbocycles. The first kappa shape index (κ1) is 22.7. The van der Waals surface area contributed by atoms with Gasteiger partial charge in [0, 0.05) is 21.0 Å². The summed E-state index contributed by atoms with van der Waals surface area (Å²) < 4.78 is 15.7. The minimum absolute atomic E-state index is 0.368. The van der Waals surface area contributed by atoms with E-state index in [2.05, 4.69) is 68.5 Å². The number of rotatable bonds is 4. The highest BCUT2D eigenvalue weighted by atomic mass is 79.9. The largest absolute Gasteiger partial charge is 0.465 e. The number of methoxy groups -OCH3 is 1. The molecule has 32 heavy (non-hydrogen) atoms. The number of benzene rings is 3. The van der Waals surface area contributed by atoms with Crippen molar-refractivity contribution in [1.29, 1.82) is 0 Å². The molecule has 1 aliphatic heterocycles. The molecule has 0 saturated heterocycles. The van der Waals surface area contributed by atoms with Crippen LogP contribution in [-0.2, 0) is 4.74 Å². The molecule has 1 heterocycles. The summed E-state index contributed by atoms with van der Waals surface area (Å²) in [7, 11) is 1.41. The van der Waals surface area contributed by atoms with Crippen molar-refractivity contribution in [2.24, 2.45) is 0 Å². The van der Waals surface area contributed by atoms with Crippen LogP contribution in [-0.4, -0.2) is 26.2 Å². The zero-order chi connectivity index (χ0) is 23.0. The van der Waals surface area contributed by atoms with E-state index in [9.17, 15) is 4.79 Å². The van der Waals surface area contributed by atoms with Crippen LogP contribution in [0.4, 0.5) is 0 Å². The number of esters is 1. The van der Waals surface area contributed by atoms with E-state index in [0.717, 1.165) is 66.4 Å². The first-order chi connectivity index (χ1) is 15.4. The molecule has 0 atom stereocenters. The van der Waals surface area contributed by atoms with Gasteiger partial charge in [-0.1, -0.05) is 34.1 Å². The molecule has 2 aromatic rings. The Morgan fingerprint density at radius 1 is 1.00 bits per heavy atom. The topological polar surface area (TPSA) is 42.5 Å². The van der Waals surface area contributed by atoms with Gasteiger partial charge in [-0.15, -0.1) is 0 Å². The van der Waals surface area contributed by atoms with Crippen molar-refractivity contribution in [1.82, 2.24) is 4.58 Å². The molecule has 0 N–H and O–H groups in total. The Bertz CT molecular complexity index is 1380. The Kier molecular flexibility index (Phi) is 6.54. The molecule has 0 unspecified atom stereocenters. The predicted octanol–water partition coefficient (Wildman–Crippen LogP) is 6.64. The zero-order valence-corrected chi connectivity index (χ0v) is 21.6. The smallest absolute Gasteiger partial charge is 0.338 e. The van der Waals surface area contributed by atoms with Gasteiger partial charge < -0.3 is 9.15 Å².